The van der Waals surface area contributed by atoms with Crippen molar-refractivity contribution in [1.29, 1.82) is 0 Å². The van der Waals surface area contributed by atoms with E-state index in [2.05, 4.69) is 5.10 Å². The molecule has 0 aliphatic carbocycles. The fourth-order valence-electron chi connectivity index (χ4n) is 1.67. The zero-order valence-corrected chi connectivity index (χ0v) is 11.1. The Labute approximate surface area is 116 Å². The molecule has 0 saturated carbocycles. The lowest BCUT2D eigenvalue weighted by Gasteiger charge is -2.07. The van der Waals surface area contributed by atoms with Gasteiger partial charge in [0, 0.05) is 11.8 Å². The van der Waals surface area contributed by atoms with E-state index in [-0.39, 0.29) is 5.69 Å². The van der Waals surface area contributed by atoms with Crippen LogP contribution in [0.15, 0.2) is 17.0 Å². The predicted molar refractivity (Wildman–Crippen MR) is 64.0 cm³/mol. The second-order valence-electron chi connectivity index (χ2n) is 4.11. The molecule has 2 aromatic rings. The molecule has 0 spiro atoms. The summed E-state index contributed by atoms with van der Waals surface area (Å²) in [5.41, 5.74) is -1.48. The third-order valence-corrected chi connectivity index (χ3v) is 3.69. The van der Waals surface area contributed by atoms with Gasteiger partial charge in [0.25, 0.3) is 0 Å². The molecule has 0 atom stereocenters. The van der Waals surface area contributed by atoms with Crippen LogP contribution in [-0.2, 0) is 9.84 Å². The number of carboxylic acid groups (broad SMARTS) is 1. The number of carbonyl (C=O) groups is 1. The molecule has 0 aliphatic heterocycles. The number of benzene rings is 1. The number of sulfone groups is 1. The first-order valence-corrected chi connectivity index (χ1v) is 7.18. The molecule has 0 radical (unpaired) electrons. The Morgan fingerprint density at radius 2 is 1.86 bits per heavy atom. The summed E-state index contributed by atoms with van der Waals surface area (Å²) in [6.07, 6.45) is 0.532. The number of nitrogens with one attached hydrogen (secondary N) is 1. The van der Waals surface area contributed by atoms with Crippen molar-refractivity contribution < 1.29 is 31.5 Å². The summed E-state index contributed by atoms with van der Waals surface area (Å²) in [5.74, 6) is -6.42. The van der Waals surface area contributed by atoms with Gasteiger partial charge in [0.2, 0.25) is 0 Å². The Balaban J connectivity index is 2.69. The van der Waals surface area contributed by atoms with Crippen molar-refractivity contribution in [2.45, 2.75) is 4.90 Å². The van der Waals surface area contributed by atoms with Crippen LogP contribution < -0.4 is 0 Å². The maximum absolute atomic E-state index is 13.9. The summed E-state index contributed by atoms with van der Waals surface area (Å²) in [5, 5.41) is 14.1. The van der Waals surface area contributed by atoms with Crippen LogP contribution in [0.1, 0.15) is 10.5 Å². The first-order valence-electron chi connectivity index (χ1n) is 5.29. The Kier molecular flexibility index (Phi) is 3.49. The SMILES string of the molecule is CS(=O)(=O)c1c(F)cc(-c2cc(C(=O)O)[nH]n2)c(F)c1F. The van der Waals surface area contributed by atoms with E-state index >= 15 is 0 Å². The molecule has 112 valence electrons. The quantitative estimate of drug-likeness (QED) is 0.837. The van der Waals surface area contributed by atoms with Gasteiger partial charge < -0.3 is 5.11 Å². The van der Waals surface area contributed by atoms with Crippen molar-refractivity contribution in [3.8, 4) is 11.3 Å². The number of carboxylic acids is 1. The molecule has 0 unspecified atom stereocenters. The van der Waals surface area contributed by atoms with Crippen LogP contribution in [0, 0.1) is 17.5 Å². The van der Waals surface area contributed by atoms with E-state index in [1.807, 2.05) is 5.10 Å². The van der Waals surface area contributed by atoms with Crippen molar-refractivity contribution in [1.82, 2.24) is 10.2 Å². The lowest BCUT2D eigenvalue weighted by Crippen LogP contribution is -2.08. The van der Waals surface area contributed by atoms with Gasteiger partial charge in [-0.05, 0) is 12.1 Å². The van der Waals surface area contributed by atoms with Gasteiger partial charge in [-0.2, -0.15) is 5.10 Å². The molecule has 1 aromatic carbocycles. The molecule has 10 heteroatoms. The molecule has 1 aromatic heterocycles. The highest BCUT2D eigenvalue weighted by atomic mass is 32.2. The van der Waals surface area contributed by atoms with E-state index in [4.69, 9.17) is 5.11 Å². The molecule has 0 saturated heterocycles. The lowest BCUT2D eigenvalue weighted by molar-refractivity contribution is 0.0690. The second-order valence-corrected chi connectivity index (χ2v) is 6.06. The fourth-order valence-corrected chi connectivity index (χ4v) is 2.50. The van der Waals surface area contributed by atoms with Gasteiger partial charge in [0.05, 0.1) is 5.69 Å². The standard InChI is InChI=1S/C11H7F3N2O4S/c1-21(19,20)10-5(12)2-4(8(13)9(10)14)6-3-7(11(17)18)16-15-6/h2-3H,1H3,(H,15,16)(H,17,18). The number of halogens is 3. The van der Waals surface area contributed by atoms with Gasteiger partial charge in [-0.1, -0.05) is 0 Å². The molecule has 21 heavy (non-hydrogen) atoms. The van der Waals surface area contributed by atoms with Crippen LogP contribution in [0.2, 0.25) is 0 Å². The van der Waals surface area contributed by atoms with E-state index in [9.17, 15) is 26.4 Å². The number of nitrogens with zero attached hydrogens (tertiary/aromatic N) is 1. The summed E-state index contributed by atoms with van der Waals surface area (Å²) in [6, 6.07) is 1.30. The zero-order chi connectivity index (χ0) is 15.9. The minimum absolute atomic E-state index is 0.372. The largest absolute Gasteiger partial charge is 0.477 e. The van der Waals surface area contributed by atoms with Crippen LogP contribution in [0.4, 0.5) is 13.2 Å². The molecule has 2 rings (SSSR count). The molecule has 2 N–H and O–H groups in total. The van der Waals surface area contributed by atoms with E-state index in [0.29, 0.717) is 12.3 Å². The van der Waals surface area contributed by atoms with E-state index in [1.54, 1.807) is 0 Å². The van der Waals surface area contributed by atoms with Crippen molar-refractivity contribution in [2.75, 3.05) is 6.26 Å². The average Bonchev–Trinajstić information content (AvgIpc) is 2.81. The van der Waals surface area contributed by atoms with E-state index < -0.39 is 49.4 Å². The molecule has 0 fully saturated rings. The number of aromatic amines is 1. The highest BCUT2D eigenvalue weighted by Crippen LogP contribution is 2.30. The summed E-state index contributed by atoms with van der Waals surface area (Å²) in [6.45, 7) is 0. The van der Waals surface area contributed by atoms with E-state index in [1.165, 1.54) is 0 Å². The van der Waals surface area contributed by atoms with Crippen LogP contribution >= 0.6 is 0 Å². The molecule has 6 nitrogen and oxygen atoms in total. The molecular weight excluding hydrogens is 313 g/mol. The predicted octanol–water partition coefficient (Wildman–Crippen LogP) is 1.60. The Hall–Kier alpha value is -2.36. The highest BCUT2D eigenvalue weighted by Gasteiger charge is 2.27. The number of aromatic carboxylic acids is 1. The Morgan fingerprint density at radius 1 is 1.24 bits per heavy atom. The maximum atomic E-state index is 13.9. The zero-order valence-electron chi connectivity index (χ0n) is 10.3. The molecule has 0 bridgehead atoms. The third kappa shape index (κ3) is 2.61. The van der Waals surface area contributed by atoms with Crippen LogP contribution in [-0.4, -0.2) is 35.9 Å². The normalized spacial score (nSPS) is 11.6. The summed E-state index contributed by atoms with van der Waals surface area (Å²) >= 11 is 0. The minimum atomic E-state index is -4.31. The maximum Gasteiger partial charge on any atom is 0.353 e. The summed E-state index contributed by atoms with van der Waals surface area (Å²) in [4.78, 5) is 9.27. The Bertz CT molecular complexity index is 845. The van der Waals surface area contributed by atoms with Crippen molar-refractivity contribution >= 4 is 15.8 Å². The smallest absolute Gasteiger partial charge is 0.353 e. The molecule has 0 aliphatic rings. The fraction of sp³-hybridized carbons (Fsp3) is 0.0909. The number of rotatable bonds is 3. The Morgan fingerprint density at radius 3 is 2.33 bits per heavy atom. The molecular formula is C11H7F3N2O4S. The van der Waals surface area contributed by atoms with Crippen molar-refractivity contribution in [3.63, 3.8) is 0 Å². The van der Waals surface area contributed by atoms with Gasteiger partial charge >= 0.3 is 5.97 Å². The van der Waals surface area contributed by atoms with Gasteiger partial charge in [-0.15, -0.1) is 0 Å². The highest BCUT2D eigenvalue weighted by molar-refractivity contribution is 7.90. The monoisotopic (exact) mass is 320 g/mol. The minimum Gasteiger partial charge on any atom is -0.477 e. The molecule has 0 amide bonds. The number of aromatic nitrogens is 2. The molecule has 1 heterocycles. The van der Waals surface area contributed by atoms with Gasteiger partial charge in [0.1, 0.15) is 16.4 Å². The first-order chi connectivity index (χ1) is 9.62. The van der Waals surface area contributed by atoms with Gasteiger partial charge in [-0.3, -0.25) is 5.10 Å². The number of hydrogen-bond donors (Lipinski definition) is 2. The van der Waals surface area contributed by atoms with Crippen LogP contribution in [0.3, 0.4) is 0 Å². The summed E-state index contributed by atoms with van der Waals surface area (Å²) < 4.78 is 63.7. The first kappa shape index (κ1) is 15.0. The van der Waals surface area contributed by atoms with Gasteiger partial charge in [0.15, 0.2) is 21.5 Å². The lowest BCUT2D eigenvalue weighted by atomic mass is 10.1. The number of hydrogen-bond acceptors (Lipinski definition) is 4. The van der Waals surface area contributed by atoms with E-state index in [0.717, 1.165) is 6.07 Å². The van der Waals surface area contributed by atoms with Crippen molar-refractivity contribution in [2.24, 2.45) is 0 Å². The van der Waals surface area contributed by atoms with Crippen molar-refractivity contribution in [3.05, 3.63) is 35.3 Å². The van der Waals surface area contributed by atoms with Gasteiger partial charge in [-0.25, -0.2) is 26.4 Å². The number of H-pyrrole nitrogens is 1. The summed E-state index contributed by atoms with van der Waals surface area (Å²) in [7, 11) is -4.31. The second kappa shape index (κ2) is 4.88. The van der Waals surface area contributed by atoms with Crippen LogP contribution in [0.25, 0.3) is 11.3 Å². The average molecular weight is 320 g/mol. The topological polar surface area (TPSA) is 100 Å². The third-order valence-electron chi connectivity index (χ3n) is 2.57. The van der Waals surface area contributed by atoms with Crippen LogP contribution in [0.5, 0.6) is 0 Å².